The molecule has 0 amide bonds. The van der Waals surface area contributed by atoms with Gasteiger partial charge in [-0.15, -0.1) is 0 Å². The summed E-state index contributed by atoms with van der Waals surface area (Å²) < 4.78 is 37.1. The van der Waals surface area contributed by atoms with Gasteiger partial charge in [0, 0.05) is 38.8 Å². The summed E-state index contributed by atoms with van der Waals surface area (Å²) in [4.78, 5) is 22.5. The molecule has 4 rings (SSSR count). The number of aromatic nitrogens is 2. The number of carbonyl (C=O) groups is 1. The second kappa shape index (κ2) is 15.4. The number of benzene rings is 1. The molecule has 1 aromatic heterocycles. The fourth-order valence-corrected chi connectivity index (χ4v) is 6.03. The van der Waals surface area contributed by atoms with Crippen LogP contribution in [0.25, 0.3) is 0 Å². The van der Waals surface area contributed by atoms with Crippen molar-refractivity contribution in [2.45, 2.75) is 37.8 Å². The van der Waals surface area contributed by atoms with Crippen molar-refractivity contribution in [2.24, 2.45) is 0 Å². The van der Waals surface area contributed by atoms with Crippen molar-refractivity contribution in [3.05, 3.63) is 36.0 Å². The number of methoxy groups -OCH3 is 1. The topological polar surface area (TPSA) is 129 Å². The molecule has 0 aliphatic carbocycles. The van der Waals surface area contributed by atoms with Gasteiger partial charge in [0.2, 0.25) is 21.9 Å². The second-order valence-corrected chi connectivity index (χ2v) is 12.7. The Morgan fingerprint density at radius 1 is 1.17 bits per heavy atom. The number of allylic oxidation sites excluding steroid dienone is 1. The lowest BCUT2D eigenvalue weighted by Gasteiger charge is -2.37. The van der Waals surface area contributed by atoms with Crippen molar-refractivity contribution in [3.63, 3.8) is 0 Å². The fraction of sp³-hybridized carbons (Fsp3) is 0.536. The second-order valence-electron chi connectivity index (χ2n) is 10.3. The van der Waals surface area contributed by atoms with Gasteiger partial charge in [0.25, 0.3) is 0 Å². The van der Waals surface area contributed by atoms with Gasteiger partial charge in [-0.25, -0.2) is 13.4 Å². The Bertz CT molecular complexity index is 1310. The molecule has 0 bridgehead atoms. The van der Waals surface area contributed by atoms with E-state index in [2.05, 4.69) is 51.1 Å². The highest BCUT2D eigenvalue weighted by molar-refractivity contribution is 7.88. The molecular weight excluding hydrogens is 582 g/mol. The SMILES string of the molecule is C=CC=O.CNc1cc(Nc2ncc(Cl)c(OC3CCCN(S(C)(=O)=O)C3)n2)c(OC)cc1N1CCC(N(C)C)CC1. The van der Waals surface area contributed by atoms with E-state index in [0.29, 0.717) is 49.1 Å². The number of ether oxygens (including phenoxy) is 2. The van der Waals surface area contributed by atoms with E-state index in [1.54, 1.807) is 7.11 Å². The van der Waals surface area contributed by atoms with Crippen LogP contribution in [0.15, 0.2) is 31.0 Å². The first-order chi connectivity index (χ1) is 20.0. The first-order valence-electron chi connectivity index (χ1n) is 13.8. The van der Waals surface area contributed by atoms with Gasteiger partial charge < -0.3 is 29.9 Å². The minimum absolute atomic E-state index is 0.206. The quantitative estimate of drug-likeness (QED) is 0.297. The van der Waals surface area contributed by atoms with Crippen LogP contribution in [-0.4, -0.2) is 107 Å². The molecule has 2 fully saturated rings. The molecule has 2 aromatic rings. The molecule has 2 aliphatic heterocycles. The highest BCUT2D eigenvalue weighted by Gasteiger charge is 2.28. The third-order valence-corrected chi connectivity index (χ3v) is 8.79. The van der Waals surface area contributed by atoms with Crippen molar-refractivity contribution >= 4 is 50.9 Å². The molecule has 0 spiro atoms. The molecule has 42 heavy (non-hydrogen) atoms. The molecular formula is C28H42ClN7O5S. The van der Waals surface area contributed by atoms with Crippen molar-refractivity contribution in [2.75, 3.05) is 76.2 Å². The van der Waals surface area contributed by atoms with Crippen molar-refractivity contribution in [3.8, 4) is 11.6 Å². The van der Waals surface area contributed by atoms with E-state index in [9.17, 15) is 8.42 Å². The minimum Gasteiger partial charge on any atom is -0.494 e. The summed E-state index contributed by atoms with van der Waals surface area (Å²) in [6.07, 6.45) is 7.78. The average Bonchev–Trinajstić information content (AvgIpc) is 2.98. The Labute approximate surface area is 254 Å². The Kier molecular flexibility index (Phi) is 12.2. The van der Waals surface area contributed by atoms with Crippen LogP contribution in [0, 0.1) is 0 Å². The number of nitrogens with one attached hydrogen (secondary N) is 2. The molecule has 2 aliphatic rings. The zero-order valence-electron chi connectivity index (χ0n) is 25.0. The lowest BCUT2D eigenvalue weighted by atomic mass is 10.0. The Balaban J connectivity index is 0.00000114. The summed E-state index contributed by atoms with van der Waals surface area (Å²) >= 11 is 6.33. The first-order valence-corrected chi connectivity index (χ1v) is 16.0. The number of aldehydes is 1. The summed E-state index contributed by atoms with van der Waals surface area (Å²) in [6.45, 7) is 5.79. The van der Waals surface area contributed by atoms with Crippen LogP contribution < -0.4 is 25.0 Å². The fourth-order valence-electron chi connectivity index (χ4n) is 5.00. The number of carbonyl (C=O) groups excluding carboxylic acids is 1. The molecule has 2 saturated heterocycles. The average molecular weight is 624 g/mol. The van der Waals surface area contributed by atoms with Crippen LogP contribution in [-0.2, 0) is 14.8 Å². The summed E-state index contributed by atoms with van der Waals surface area (Å²) in [7, 11) is 4.51. The molecule has 1 aromatic carbocycles. The van der Waals surface area contributed by atoms with Crippen LogP contribution in [0.1, 0.15) is 25.7 Å². The summed E-state index contributed by atoms with van der Waals surface area (Å²) in [5.41, 5.74) is 2.74. The lowest BCUT2D eigenvalue weighted by Crippen LogP contribution is -2.43. The number of piperidine rings is 2. The van der Waals surface area contributed by atoms with Gasteiger partial charge >= 0.3 is 0 Å². The number of hydrogen-bond acceptors (Lipinski definition) is 11. The Hall–Kier alpha value is -3.13. The maximum Gasteiger partial charge on any atom is 0.237 e. The van der Waals surface area contributed by atoms with Gasteiger partial charge in [0.15, 0.2) is 0 Å². The van der Waals surface area contributed by atoms with E-state index < -0.39 is 10.0 Å². The Morgan fingerprint density at radius 2 is 1.86 bits per heavy atom. The van der Waals surface area contributed by atoms with Gasteiger partial charge in [-0.1, -0.05) is 18.2 Å². The maximum absolute atomic E-state index is 12.0. The first kappa shape index (κ1) is 33.4. The molecule has 232 valence electrons. The number of hydrogen-bond donors (Lipinski definition) is 2. The van der Waals surface area contributed by atoms with E-state index >= 15 is 0 Å². The molecule has 1 unspecified atom stereocenters. The van der Waals surface area contributed by atoms with Crippen LogP contribution in [0.4, 0.5) is 23.0 Å². The predicted octanol–water partition coefficient (Wildman–Crippen LogP) is 3.63. The third-order valence-electron chi connectivity index (χ3n) is 7.27. The van der Waals surface area contributed by atoms with E-state index in [0.717, 1.165) is 37.3 Å². The van der Waals surface area contributed by atoms with Gasteiger partial charge in [0.05, 0.1) is 43.2 Å². The summed E-state index contributed by atoms with van der Waals surface area (Å²) in [6, 6.07) is 4.60. The van der Waals surface area contributed by atoms with E-state index in [-0.39, 0.29) is 23.6 Å². The smallest absolute Gasteiger partial charge is 0.237 e. The minimum atomic E-state index is -3.29. The highest BCUT2D eigenvalue weighted by Crippen LogP contribution is 2.39. The molecule has 14 heteroatoms. The number of anilines is 4. The number of rotatable bonds is 10. The maximum atomic E-state index is 12.0. The molecule has 0 saturated carbocycles. The van der Waals surface area contributed by atoms with Crippen LogP contribution in [0.2, 0.25) is 5.02 Å². The van der Waals surface area contributed by atoms with Crippen LogP contribution >= 0.6 is 11.6 Å². The Morgan fingerprint density at radius 3 is 2.43 bits per heavy atom. The normalized spacial score (nSPS) is 18.1. The van der Waals surface area contributed by atoms with E-state index in [4.69, 9.17) is 25.9 Å². The molecule has 0 radical (unpaired) electrons. The van der Waals surface area contributed by atoms with E-state index in [1.165, 1.54) is 22.8 Å². The molecule has 2 N–H and O–H groups in total. The molecule has 3 heterocycles. The van der Waals surface area contributed by atoms with Gasteiger partial charge in [-0.3, -0.25) is 4.79 Å². The van der Waals surface area contributed by atoms with Gasteiger partial charge in [0.1, 0.15) is 23.2 Å². The lowest BCUT2D eigenvalue weighted by molar-refractivity contribution is -0.104. The van der Waals surface area contributed by atoms with Crippen molar-refractivity contribution in [1.29, 1.82) is 0 Å². The summed E-state index contributed by atoms with van der Waals surface area (Å²) in [5, 5.41) is 6.79. The molecule has 12 nitrogen and oxygen atoms in total. The summed E-state index contributed by atoms with van der Waals surface area (Å²) in [5.74, 6) is 1.16. The predicted molar refractivity (Wildman–Crippen MR) is 168 cm³/mol. The third kappa shape index (κ3) is 8.93. The monoisotopic (exact) mass is 623 g/mol. The van der Waals surface area contributed by atoms with Crippen molar-refractivity contribution in [1.82, 2.24) is 19.2 Å². The van der Waals surface area contributed by atoms with Crippen LogP contribution in [0.5, 0.6) is 11.6 Å². The van der Waals surface area contributed by atoms with Crippen molar-refractivity contribution < 1.29 is 22.7 Å². The number of sulfonamides is 1. The largest absolute Gasteiger partial charge is 0.494 e. The highest BCUT2D eigenvalue weighted by atomic mass is 35.5. The van der Waals surface area contributed by atoms with Crippen LogP contribution in [0.3, 0.4) is 0 Å². The zero-order chi connectivity index (χ0) is 30.9. The van der Waals surface area contributed by atoms with Gasteiger partial charge in [-0.2, -0.15) is 9.29 Å². The number of halogens is 1. The standard InChI is InChI=1S/C25H38ClN7O4S.C3H4O/c1-27-20-13-21(23(36-4)14-22(20)32-11-8-17(9-12-32)31(2)3)29-25-28-15-19(26)24(30-25)37-18-7-6-10-33(16-18)38(5,34)35;1-2-3-4/h13-15,17-18,27H,6-12,16H2,1-5H3,(H,28,29,30);2-3H,1H2. The number of nitrogens with zero attached hydrogens (tertiary/aromatic N) is 5. The van der Waals surface area contributed by atoms with E-state index in [1.807, 2.05) is 19.2 Å². The van der Waals surface area contributed by atoms with Gasteiger partial charge in [-0.05, 0) is 51.9 Å². The zero-order valence-corrected chi connectivity index (χ0v) is 26.5. The molecule has 1 atom stereocenters.